The van der Waals surface area contributed by atoms with E-state index in [4.69, 9.17) is 5.11 Å². The smallest absolute Gasteiger partial charge is 0.191 e. The molecule has 0 unspecified atom stereocenters. The zero-order chi connectivity index (χ0) is 8.65. The van der Waals surface area contributed by atoms with Gasteiger partial charge in [0, 0.05) is 19.7 Å². The van der Waals surface area contributed by atoms with E-state index < -0.39 is 0 Å². The van der Waals surface area contributed by atoms with Gasteiger partial charge in [-0.2, -0.15) is 0 Å². The normalized spacial score (nSPS) is 15.6. The topological polar surface area (TPSA) is 56.6 Å². The maximum atomic E-state index is 8.52. The van der Waals surface area contributed by atoms with Crippen LogP contribution in [-0.2, 0) is 0 Å². The fraction of sp³-hybridized carbons (Fsp3) is 0.875. The van der Waals surface area contributed by atoms with E-state index in [0.29, 0.717) is 6.61 Å². The second kappa shape index (κ2) is 5.83. The van der Waals surface area contributed by atoms with E-state index in [0.717, 1.165) is 44.9 Å². The molecule has 1 aliphatic rings. The summed E-state index contributed by atoms with van der Waals surface area (Å²) in [5.74, 6) is 0.930. The molecule has 1 heterocycles. The molecule has 0 saturated heterocycles. The predicted octanol–water partition coefficient (Wildman–Crippen LogP) is -0.302. The molecule has 12 heavy (non-hydrogen) atoms. The number of nitrogens with one attached hydrogen (secondary N) is 2. The standard InChI is InChI=1S/C8H17N3O/c12-7-3-1-2-4-9-8-10-5-6-11-8/h12H,1-7H2,(H2,9,10,11). The maximum Gasteiger partial charge on any atom is 0.191 e. The van der Waals surface area contributed by atoms with Crippen LogP contribution in [0.25, 0.3) is 0 Å². The van der Waals surface area contributed by atoms with Crippen molar-refractivity contribution in [2.75, 3.05) is 26.2 Å². The van der Waals surface area contributed by atoms with Gasteiger partial charge >= 0.3 is 0 Å². The number of hydrogen-bond donors (Lipinski definition) is 3. The van der Waals surface area contributed by atoms with Crippen molar-refractivity contribution in [3.8, 4) is 0 Å². The van der Waals surface area contributed by atoms with Gasteiger partial charge < -0.3 is 15.7 Å². The van der Waals surface area contributed by atoms with Gasteiger partial charge in [-0.1, -0.05) is 0 Å². The highest BCUT2D eigenvalue weighted by Crippen LogP contribution is 1.92. The summed E-state index contributed by atoms with van der Waals surface area (Å²) in [4.78, 5) is 4.20. The molecule has 0 saturated carbocycles. The van der Waals surface area contributed by atoms with Crippen LogP contribution in [0.4, 0.5) is 0 Å². The average Bonchev–Trinajstić information content (AvgIpc) is 2.57. The molecule has 0 atom stereocenters. The summed E-state index contributed by atoms with van der Waals surface area (Å²) in [5, 5.41) is 14.9. The third-order valence-corrected chi connectivity index (χ3v) is 1.80. The lowest BCUT2D eigenvalue weighted by Crippen LogP contribution is -2.34. The van der Waals surface area contributed by atoms with Crippen LogP contribution in [0.2, 0.25) is 0 Å². The highest BCUT2D eigenvalue weighted by atomic mass is 16.2. The molecule has 1 rings (SSSR count). The fourth-order valence-electron chi connectivity index (χ4n) is 1.14. The number of aliphatic hydroxyl groups excluding tert-OH is 1. The Morgan fingerprint density at radius 1 is 1.42 bits per heavy atom. The van der Waals surface area contributed by atoms with Crippen LogP contribution in [0.3, 0.4) is 0 Å². The monoisotopic (exact) mass is 171 g/mol. The van der Waals surface area contributed by atoms with Gasteiger partial charge in [0.2, 0.25) is 0 Å². The number of aliphatic imine (C=N–C) groups is 1. The molecule has 0 aromatic carbocycles. The van der Waals surface area contributed by atoms with Crippen molar-refractivity contribution in [2.24, 2.45) is 4.99 Å². The summed E-state index contributed by atoms with van der Waals surface area (Å²) in [5.41, 5.74) is 0. The molecular formula is C8H17N3O. The third-order valence-electron chi connectivity index (χ3n) is 1.80. The Kier molecular flexibility index (Phi) is 4.52. The first-order chi connectivity index (χ1) is 5.93. The van der Waals surface area contributed by atoms with Crippen LogP contribution in [0, 0.1) is 0 Å². The van der Waals surface area contributed by atoms with Gasteiger partial charge in [0.05, 0.1) is 6.54 Å². The minimum atomic E-state index is 0.305. The molecule has 4 nitrogen and oxygen atoms in total. The lowest BCUT2D eigenvalue weighted by atomic mass is 10.2. The van der Waals surface area contributed by atoms with Crippen LogP contribution in [-0.4, -0.2) is 37.3 Å². The Hall–Kier alpha value is -0.770. The van der Waals surface area contributed by atoms with Crippen molar-refractivity contribution in [3.63, 3.8) is 0 Å². The van der Waals surface area contributed by atoms with E-state index >= 15 is 0 Å². The first kappa shape index (κ1) is 9.32. The summed E-state index contributed by atoms with van der Waals surface area (Å²) in [7, 11) is 0. The van der Waals surface area contributed by atoms with Gasteiger partial charge in [-0.3, -0.25) is 4.99 Å². The lowest BCUT2D eigenvalue weighted by Gasteiger charge is -2.05. The first-order valence-corrected chi connectivity index (χ1v) is 4.56. The Morgan fingerprint density at radius 3 is 3.00 bits per heavy atom. The number of nitrogens with zero attached hydrogens (tertiary/aromatic N) is 1. The van der Waals surface area contributed by atoms with Crippen molar-refractivity contribution >= 4 is 5.96 Å². The molecule has 0 amide bonds. The number of rotatable bonds is 5. The molecule has 70 valence electrons. The van der Waals surface area contributed by atoms with Crippen LogP contribution in [0.1, 0.15) is 19.3 Å². The number of aliphatic hydroxyl groups is 1. The molecule has 4 heteroatoms. The predicted molar refractivity (Wildman–Crippen MR) is 49.2 cm³/mol. The highest BCUT2D eigenvalue weighted by molar-refractivity contribution is 5.81. The third kappa shape index (κ3) is 3.57. The van der Waals surface area contributed by atoms with E-state index in [-0.39, 0.29) is 0 Å². The number of hydrogen-bond acceptors (Lipinski definition) is 4. The number of guanidine groups is 1. The average molecular weight is 171 g/mol. The van der Waals surface area contributed by atoms with Gasteiger partial charge in [0.25, 0.3) is 0 Å². The minimum absolute atomic E-state index is 0.305. The summed E-state index contributed by atoms with van der Waals surface area (Å²) in [6, 6.07) is 0. The minimum Gasteiger partial charge on any atom is -0.396 e. The van der Waals surface area contributed by atoms with Crippen molar-refractivity contribution in [3.05, 3.63) is 0 Å². The number of unbranched alkanes of at least 4 members (excludes halogenated alkanes) is 2. The van der Waals surface area contributed by atoms with Crippen molar-refractivity contribution < 1.29 is 5.11 Å². The lowest BCUT2D eigenvalue weighted by molar-refractivity contribution is 0.283. The largest absolute Gasteiger partial charge is 0.396 e. The first-order valence-electron chi connectivity index (χ1n) is 4.56. The Bertz CT molecular complexity index is 147. The molecule has 0 fully saturated rings. The molecule has 3 N–H and O–H groups in total. The molecule has 0 aromatic heterocycles. The second-order valence-corrected chi connectivity index (χ2v) is 2.87. The quantitative estimate of drug-likeness (QED) is 0.498. The van der Waals surface area contributed by atoms with Crippen molar-refractivity contribution in [2.45, 2.75) is 19.3 Å². The maximum absolute atomic E-state index is 8.52. The Labute approximate surface area is 73.1 Å². The van der Waals surface area contributed by atoms with Crippen LogP contribution in [0.15, 0.2) is 4.99 Å². The van der Waals surface area contributed by atoms with Gasteiger partial charge in [-0.25, -0.2) is 0 Å². The summed E-state index contributed by atoms with van der Waals surface area (Å²) in [6.45, 7) is 3.10. The van der Waals surface area contributed by atoms with E-state index in [9.17, 15) is 0 Å². The Balaban J connectivity index is 1.88. The molecule has 1 aliphatic heterocycles. The van der Waals surface area contributed by atoms with E-state index in [1.54, 1.807) is 0 Å². The van der Waals surface area contributed by atoms with Crippen LogP contribution in [0.5, 0.6) is 0 Å². The van der Waals surface area contributed by atoms with Crippen molar-refractivity contribution in [1.29, 1.82) is 0 Å². The summed E-state index contributed by atoms with van der Waals surface area (Å²) in [6.07, 6.45) is 3.08. The SMILES string of the molecule is OCCCCCNC1=NCCN1. The molecular weight excluding hydrogens is 154 g/mol. The zero-order valence-electron chi connectivity index (χ0n) is 7.34. The summed E-state index contributed by atoms with van der Waals surface area (Å²) >= 11 is 0. The van der Waals surface area contributed by atoms with E-state index in [1.165, 1.54) is 0 Å². The van der Waals surface area contributed by atoms with Gasteiger partial charge in [-0.05, 0) is 19.3 Å². The molecule has 0 bridgehead atoms. The van der Waals surface area contributed by atoms with Crippen LogP contribution < -0.4 is 10.6 Å². The fourth-order valence-corrected chi connectivity index (χ4v) is 1.14. The highest BCUT2D eigenvalue weighted by Gasteiger charge is 2.01. The van der Waals surface area contributed by atoms with Gasteiger partial charge in [0.15, 0.2) is 5.96 Å². The zero-order valence-corrected chi connectivity index (χ0v) is 7.34. The summed E-state index contributed by atoms with van der Waals surface area (Å²) < 4.78 is 0. The molecule has 0 aromatic rings. The molecule has 0 spiro atoms. The van der Waals surface area contributed by atoms with E-state index in [2.05, 4.69) is 15.6 Å². The van der Waals surface area contributed by atoms with Gasteiger partial charge in [-0.15, -0.1) is 0 Å². The Morgan fingerprint density at radius 2 is 2.33 bits per heavy atom. The second-order valence-electron chi connectivity index (χ2n) is 2.87. The van der Waals surface area contributed by atoms with Gasteiger partial charge in [0.1, 0.15) is 0 Å². The van der Waals surface area contributed by atoms with E-state index in [1.807, 2.05) is 0 Å². The molecule has 0 aliphatic carbocycles. The molecule has 0 radical (unpaired) electrons. The van der Waals surface area contributed by atoms with Crippen molar-refractivity contribution in [1.82, 2.24) is 10.6 Å². The van der Waals surface area contributed by atoms with Crippen LogP contribution >= 0.6 is 0 Å².